The molecule has 0 aromatic carbocycles. The lowest BCUT2D eigenvalue weighted by molar-refractivity contribution is -0.175. The second kappa shape index (κ2) is 2.76. The molecule has 2 fully saturated rings. The molecule has 1 aliphatic heterocycles. The standard InChI is InChI=1S/C9H17NO/c1-2-8-10-7-6-9(11-8)4-3-5-9/h8,10H,2-7H2,1H3. The van der Waals surface area contributed by atoms with Crippen LogP contribution in [0.2, 0.25) is 0 Å². The third-order valence-electron chi connectivity index (χ3n) is 2.98. The van der Waals surface area contributed by atoms with Crippen molar-refractivity contribution in [1.82, 2.24) is 5.32 Å². The average molecular weight is 155 g/mol. The first kappa shape index (κ1) is 7.56. The zero-order valence-electron chi connectivity index (χ0n) is 7.23. The summed E-state index contributed by atoms with van der Waals surface area (Å²) in [5.74, 6) is 0. The molecule has 0 aromatic rings. The van der Waals surface area contributed by atoms with E-state index in [9.17, 15) is 0 Å². The van der Waals surface area contributed by atoms with Crippen molar-refractivity contribution in [3.8, 4) is 0 Å². The molecule has 2 rings (SSSR count). The summed E-state index contributed by atoms with van der Waals surface area (Å²) in [5, 5.41) is 3.37. The minimum atomic E-state index is 0.311. The van der Waals surface area contributed by atoms with Gasteiger partial charge in [-0.25, -0.2) is 0 Å². The summed E-state index contributed by atoms with van der Waals surface area (Å²) in [6.45, 7) is 3.33. The van der Waals surface area contributed by atoms with Crippen molar-refractivity contribution in [2.75, 3.05) is 6.54 Å². The molecule has 1 N–H and O–H groups in total. The van der Waals surface area contributed by atoms with E-state index in [1.165, 1.54) is 25.7 Å². The van der Waals surface area contributed by atoms with Crippen molar-refractivity contribution < 1.29 is 4.74 Å². The molecule has 64 valence electrons. The van der Waals surface area contributed by atoms with Crippen LogP contribution in [0.5, 0.6) is 0 Å². The molecule has 2 nitrogen and oxygen atoms in total. The first-order chi connectivity index (χ1) is 5.35. The molecule has 1 saturated heterocycles. The van der Waals surface area contributed by atoms with Crippen molar-refractivity contribution in [1.29, 1.82) is 0 Å². The van der Waals surface area contributed by atoms with Gasteiger partial charge >= 0.3 is 0 Å². The van der Waals surface area contributed by atoms with Gasteiger partial charge in [-0.05, 0) is 32.1 Å². The van der Waals surface area contributed by atoms with Crippen LogP contribution >= 0.6 is 0 Å². The number of hydrogen-bond donors (Lipinski definition) is 1. The molecule has 2 aliphatic rings. The smallest absolute Gasteiger partial charge is 0.108 e. The largest absolute Gasteiger partial charge is 0.357 e. The van der Waals surface area contributed by atoms with Crippen LogP contribution in [0.15, 0.2) is 0 Å². The molecule has 1 aliphatic carbocycles. The number of ether oxygens (including phenoxy) is 1. The van der Waals surface area contributed by atoms with Crippen molar-refractivity contribution >= 4 is 0 Å². The Labute approximate surface area is 68.3 Å². The summed E-state index contributed by atoms with van der Waals surface area (Å²) in [5.41, 5.74) is 0.311. The van der Waals surface area contributed by atoms with Crippen LogP contribution < -0.4 is 5.32 Å². The van der Waals surface area contributed by atoms with Gasteiger partial charge in [0.15, 0.2) is 0 Å². The predicted molar refractivity (Wildman–Crippen MR) is 44.4 cm³/mol. The van der Waals surface area contributed by atoms with Gasteiger partial charge in [0.1, 0.15) is 6.23 Å². The summed E-state index contributed by atoms with van der Waals surface area (Å²) >= 11 is 0. The molecule has 1 spiro atoms. The predicted octanol–water partition coefficient (Wildman–Crippen LogP) is 1.66. The fourth-order valence-corrected chi connectivity index (χ4v) is 2.03. The van der Waals surface area contributed by atoms with Gasteiger partial charge in [-0.1, -0.05) is 6.92 Å². The molecule has 1 heterocycles. The lowest BCUT2D eigenvalue weighted by Gasteiger charge is -2.47. The monoisotopic (exact) mass is 155 g/mol. The summed E-state index contributed by atoms with van der Waals surface area (Å²) in [6.07, 6.45) is 6.63. The quantitative estimate of drug-likeness (QED) is 0.621. The number of nitrogens with one attached hydrogen (secondary N) is 1. The van der Waals surface area contributed by atoms with Gasteiger partial charge in [-0.15, -0.1) is 0 Å². The number of rotatable bonds is 1. The number of hydrogen-bond acceptors (Lipinski definition) is 2. The molecule has 1 atom stereocenters. The highest BCUT2D eigenvalue weighted by atomic mass is 16.5. The Bertz CT molecular complexity index is 142. The van der Waals surface area contributed by atoms with Crippen molar-refractivity contribution in [3.05, 3.63) is 0 Å². The van der Waals surface area contributed by atoms with Gasteiger partial charge in [0.05, 0.1) is 5.60 Å². The highest BCUT2D eigenvalue weighted by Crippen LogP contribution is 2.40. The maximum absolute atomic E-state index is 5.95. The van der Waals surface area contributed by atoms with E-state index in [4.69, 9.17) is 4.74 Å². The summed E-state index contributed by atoms with van der Waals surface area (Å²) in [6, 6.07) is 0. The van der Waals surface area contributed by atoms with Gasteiger partial charge in [-0.2, -0.15) is 0 Å². The average Bonchev–Trinajstić information content (AvgIpc) is 2.02. The molecule has 11 heavy (non-hydrogen) atoms. The molecular weight excluding hydrogens is 138 g/mol. The molecule has 0 radical (unpaired) electrons. The van der Waals surface area contributed by atoms with E-state index < -0.39 is 0 Å². The molecular formula is C9H17NO. The first-order valence-corrected chi connectivity index (χ1v) is 4.76. The minimum absolute atomic E-state index is 0.311. The van der Waals surface area contributed by atoms with Crippen LogP contribution in [-0.2, 0) is 4.74 Å². The van der Waals surface area contributed by atoms with Crippen molar-refractivity contribution in [3.63, 3.8) is 0 Å². The fraction of sp³-hybridized carbons (Fsp3) is 1.00. The van der Waals surface area contributed by atoms with Crippen LogP contribution in [-0.4, -0.2) is 18.4 Å². The van der Waals surface area contributed by atoms with E-state index in [-0.39, 0.29) is 0 Å². The van der Waals surface area contributed by atoms with E-state index in [0.29, 0.717) is 11.8 Å². The molecule has 0 bridgehead atoms. The van der Waals surface area contributed by atoms with Crippen LogP contribution in [0.1, 0.15) is 39.0 Å². The SMILES string of the molecule is CCC1NCCC2(CCC2)O1. The van der Waals surface area contributed by atoms with E-state index in [0.717, 1.165) is 13.0 Å². The highest BCUT2D eigenvalue weighted by Gasteiger charge is 2.41. The molecule has 1 unspecified atom stereocenters. The Kier molecular flexibility index (Phi) is 1.90. The van der Waals surface area contributed by atoms with E-state index >= 15 is 0 Å². The fourth-order valence-electron chi connectivity index (χ4n) is 2.03. The summed E-state index contributed by atoms with van der Waals surface area (Å²) in [7, 11) is 0. The maximum Gasteiger partial charge on any atom is 0.108 e. The molecule has 0 amide bonds. The van der Waals surface area contributed by atoms with Crippen LogP contribution in [0.4, 0.5) is 0 Å². The Balaban J connectivity index is 1.92. The Morgan fingerprint density at radius 3 is 2.82 bits per heavy atom. The molecule has 2 heteroatoms. The van der Waals surface area contributed by atoms with Crippen LogP contribution in [0.3, 0.4) is 0 Å². The minimum Gasteiger partial charge on any atom is -0.357 e. The first-order valence-electron chi connectivity index (χ1n) is 4.76. The van der Waals surface area contributed by atoms with Gasteiger partial charge in [0.2, 0.25) is 0 Å². The zero-order valence-corrected chi connectivity index (χ0v) is 7.23. The van der Waals surface area contributed by atoms with Gasteiger partial charge in [0, 0.05) is 6.54 Å². The van der Waals surface area contributed by atoms with Gasteiger partial charge in [0.25, 0.3) is 0 Å². The van der Waals surface area contributed by atoms with Crippen LogP contribution in [0, 0.1) is 0 Å². The van der Waals surface area contributed by atoms with E-state index in [1.54, 1.807) is 0 Å². The van der Waals surface area contributed by atoms with Gasteiger partial charge in [-0.3, -0.25) is 5.32 Å². The Hall–Kier alpha value is -0.0800. The Morgan fingerprint density at radius 2 is 2.27 bits per heavy atom. The lowest BCUT2D eigenvalue weighted by atomic mass is 9.77. The lowest BCUT2D eigenvalue weighted by Crippen LogP contribution is -2.53. The second-order valence-electron chi connectivity index (χ2n) is 3.76. The third kappa shape index (κ3) is 1.30. The van der Waals surface area contributed by atoms with Crippen molar-refractivity contribution in [2.45, 2.75) is 50.9 Å². The summed E-state index contributed by atoms with van der Waals surface area (Å²) < 4.78 is 5.95. The maximum atomic E-state index is 5.95. The summed E-state index contributed by atoms with van der Waals surface area (Å²) in [4.78, 5) is 0. The third-order valence-corrected chi connectivity index (χ3v) is 2.98. The topological polar surface area (TPSA) is 21.3 Å². The Morgan fingerprint density at radius 1 is 1.45 bits per heavy atom. The molecule has 0 aromatic heterocycles. The van der Waals surface area contributed by atoms with Crippen molar-refractivity contribution in [2.24, 2.45) is 0 Å². The van der Waals surface area contributed by atoms with Gasteiger partial charge < -0.3 is 4.74 Å². The van der Waals surface area contributed by atoms with E-state index in [1.807, 2.05) is 0 Å². The highest BCUT2D eigenvalue weighted by molar-refractivity contribution is 4.93. The van der Waals surface area contributed by atoms with Crippen LogP contribution in [0.25, 0.3) is 0 Å². The molecule has 1 saturated carbocycles. The normalized spacial score (nSPS) is 35.2. The van der Waals surface area contributed by atoms with E-state index in [2.05, 4.69) is 12.2 Å². The second-order valence-corrected chi connectivity index (χ2v) is 3.76. The zero-order chi connectivity index (χ0) is 7.73.